The summed E-state index contributed by atoms with van der Waals surface area (Å²) in [5.41, 5.74) is 1.24. The Morgan fingerprint density at radius 1 is 1.22 bits per heavy atom. The molecule has 3 rings (SSSR count). The van der Waals surface area contributed by atoms with Gasteiger partial charge in [0, 0.05) is 56.7 Å². The molecule has 1 N–H and O–H groups in total. The van der Waals surface area contributed by atoms with E-state index in [2.05, 4.69) is 56.3 Å². The summed E-state index contributed by atoms with van der Waals surface area (Å²) in [5, 5.41) is 3.13. The van der Waals surface area contributed by atoms with Crippen LogP contribution in [0.25, 0.3) is 0 Å². The summed E-state index contributed by atoms with van der Waals surface area (Å²) < 4.78 is 0. The second kappa shape index (κ2) is 9.90. The maximum absolute atomic E-state index is 12.5. The Balaban J connectivity index is 1.36. The minimum Gasteiger partial charge on any atom is -0.372 e. The highest BCUT2D eigenvalue weighted by molar-refractivity contribution is 5.78. The number of benzene rings is 1. The van der Waals surface area contributed by atoms with E-state index in [9.17, 15) is 4.79 Å². The van der Waals surface area contributed by atoms with Crippen LogP contribution in [0, 0.1) is 5.92 Å². The van der Waals surface area contributed by atoms with Crippen molar-refractivity contribution in [2.45, 2.75) is 26.2 Å². The molecule has 0 aliphatic carbocycles. The van der Waals surface area contributed by atoms with Gasteiger partial charge in [0.05, 0.1) is 6.20 Å². The van der Waals surface area contributed by atoms with Crippen molar-refractivity contribution in [1.29, 1.82) is 0 Å². The molecule has 1 aromatic carbocycles. The molecule has 2 aromatic rings. The van der Waals surface area contributed by atoms with Crippen LogP contribution in [0.3, 0.4) is 0 Å². The van der Waals surface area contributed by atoms with Crippen LogP contribution in [0.1, 0.15) is 26.2 Å². The Morgan fingerprint density at radius 2 is 2.00 bits per heavy atom. The van der Waals surface area contributed by atoms with Gasteiger partial charge in [-0.3, -0.25) is 9.78 Å². The number of rotatable bonds is 8. The molecule has 0 unspecified atom stereocenters. The third-order valence-electron chi connectivity index (χ3n) is 5.15. The minimum absolute atomic E-state index is 0.106. The molecular weight excluding hydrogens is 338 g/mol. The fourth-order valence-electron chi connectivity index (χ4n) is 3.56. The summed E-state index contributed by atoms with van der Waals surface area (Å²) in [6.07, 6.45) is 7.87. The second-order valence-corrected chi connectivity index (χ2v) is 6.88. The second-order valence-electron chi connectivity index (χ2n) is 6.88. The highest BCUT2D eigenvalue weighted by atomic mass is 16.1. The Morgan fingerprint density at radius 3 is 2.67 bits per heavy atom. The number of carbonyl (C=O) groups excluding carboxylic acids is 1. The highest BCUT2D eigenvalue weighted by Crippen LogP contribution is 2.21. The van der Waals surface area contributed by atoms with E-state index in [-0.39, 0.29) is 11.8 Å². The molecule has 6 nitrogen and oxygen atoms in total. The number of piperidine rings is 1. The van der Waals surface area contributed by atoms with Crippen molar-refractivity contribution < 1.29 is 4.79 Å². The van der Waals surface area contributed by atoms with E-state index in [1.54, 1.807) is 18.6 Å². The maximum atomic E-state index is 12.5. The number of nitrogens with zero attached hydrogens (tertiary/aromatic N) is 4. The lowest BCUT2D eigenvalue weighted by Gasteiger charge is -2.31. The molecule has 6 heteroatoms. The van der Waals surface area contributed by atoms with E-state index in [1.165, 1.54) is 5.69 Å². The molecule has 0 atom stereocenters. The van der Waals surface area contributed by atoms with Crippen molar-refractivity contribution in [2.24, 2.45) is 5.92 Å². The predicted molar refractivity (Wildman–Crippen MR) is 109 cm³/mol. The average molecular weight is 367 g/mol. The standard InChI is InChI=1S/C21H29N5O/c1-2-25(19-7-4-3-5-8-19)14-6-11-24-21(27)18-9-15-26(16-10-18)20-17-22-12-13-23-20/h3-5,7-8,12-13,17-18H,2,6,9-11,14-16H2,1H3,(H,24,27). The van der Waals surface area contributed by atoms with E-state index >= 15 is 0 Å². The number of hydrogen-bond acceptors (Lipinski definition) is 5. The lowest BCUT2D eigenvalue weighted by atomic mass is 9.96. The molecule has 0 radical (unpaired) electrons. The van der Waals surface area contributed by atoms with Crippen molar-refractivity contribution in [3.8, 4) is 0 Å². The van der Waals surface area contributed by atoms with Crippen LogP contribution in [0.2, 0.25) is 0 Å². The average Bonchev–Trinajstić information content (AvgIpc) is 2.75. The van der Waals surface area contributed by atoms with Crippen LogP contribution in [0.5, 0.6) is 0 Å². The molecule has 1 fully saturated rings. The molecule has 1 aliphatic rings. The highest BCUT2D eigenvalue weighted by Gasteiger charge is 2.25. The summed E-state index contributed by atoms with van der Waals surface area (Å²) in [5.74, 6) is 1.20. The largest absolute Gasteiger partial charge is 0.372 e. The van der Waals surface area contributed by atoms with Gasteiger partial charge < -0.3 is 15.1 Å². The van der Waals surface area contributed by atoms with Crippen LogP contribution in [0.15, 0.2) is 48.9 Å². The van der Waals surface area contributed by atoms with Gasteiger partial charge in [0.15, 0.2) is 0 Å². The molecule has 27 heavy (non-hydrogen) atoms. The third-order valence-corrected chi connectivity index (χ3v) is 5.15. The summed E-state index contributed by atoms with van der Waals surface area (Å²) in [4.78, 5) is 25.5. The van der Waals surface area contributed by atoms with E-state index < -0.39 is 0 Å². The normalized spacial score (nSPS) is 14.8. The van der Waals surface area contributed by atoms with Gasteiger partial charge in [0.25, 0.3) is 0 Å². The van der Waals surface area contributed by atoms with E-state index in [4.69, 9.17) is 0 Å². The number of nitrogens with one attached hydrogen (secondary N) is 1. The zero-order chi connectivity index (χ0) is 18.9. The lowest BCUT2D eigenvalue weighted by Crippen LogP contribution is -2.41. The Labute approximate surface area is 161 Å². The molecule has 0 saturated carbocycles. The van der Waals surface area contributed by atoms with E-state index in [0.29, 0.717) is 0 Å². The Hall–Kier alpha value is -2.63. The van der Waals surface area contributed by atoms with Crippen molar-refractivity contribution in [3.63, 3.8) is 0 Å². The summed E-state index contributed by atoms with van der Waals surface area (Å²) >= 11 is 0. The predicted octanol–water partition coefficient (Wildman–Crippen LogP) is 2.73. The molecule has 2 heterocycles. The zero-order valence-corrected chi connectivity index (χ0v) is 16.1. The van der Waals surface area contributed by atoms with Gasteiger partial charge in [-0.2, -0.15) is 0 Å². The molecule has 144 valence electrons. The van der Waals surface area contributed by atoms with Gasteiger partial charge in [-0.1, -0.05) is 18.2 Å². The van der Waals surface area contributed by atoms with Gasteiger partial charge in [-0.15, -0.1) is 0 Å². The molecule has 0 spiro atoms. The fraction of sp³-hybridized carbons (Fsp3) is 0.476. The van der Waals surface area contributed by atoms with Crippen LogP contribution in [-0.2, 0) is 4.79 Å². The summed E-state index contributed by atoms with van der Waals surface area (Å²) in [6.45, 7) is 6.52. The summed E-state index contributed by atoms with van der Waals surface area (Å²) in [6, 6.07) is 10.4. The van der Waals surface area contributed by atoms with Crippen molar-refractivity contribution >= 4 is 17.4 Å². The summed E-state index contributed by atoms with van der Waals surface area (Å²) in [7, 11) is 0. The smallest absolute Gasteiger partial charge is 0.223 e. The van der Waals surface area contributed by atoms with E-state index in [0.717, 1.165) is 57.8 Å². The van der Waals surface area contributed by atoms with Gasteiger partial charge in [-0.25, -0.2) is 4.98 Å². The number of hydrogen-bond donors (Lipinski definition) is 1. The zero-order valence-electron chi connectivity index (χ0n) is 16.1. The molecule has 1 saturated heterocycles. The topological polar surface area (TPSA) is 61.4 Å². The Bertz CT molecular complexity index is 686. The fourth-order valence-corrected chi connectivity index (χ4v) is 3.56. The number of anilines is 2. The first-order valence-corrected chi connectivity index (χ1v) is 9.86. The van der Waals surface area contributed by atoms with Crippen molar-refractivity contribution in [2.75, 3.05) is 42.5 Å². The number of carbonyl (C=O) groups is 1. The molecule has 1 aliphatic heterocycles. The van der Waals surface area contributed by atoms with Gasteiger partial charge >= 0.3 is 0 Å². The number of para-hydroxylation sites is 1. The van der Waals surface area contributed by atoms with Gasteiger partial charge in [-0.05, 0) is 38.3 Å². The molecule has 0 bridgehead atoms. The van der Waals surface area contributed by atoms with Gasteiger partial charge in [0.1, 0.15) is 5.82 Å². The third kappa shape index (κ3) is 5.42. The number of amides is 1. The SMILES string of the molecule is CCN(CCCNC(=O)C1CCN(c2cnccn2)CC1)c1ccccc1. The quantitative estimate of drug-likeness (QED) is 0.727. The minimum atomic E-state index is 0.106. The van der Waals surface area contributed by atoms with Crippen molar-refractivity contribution in [1.82, 2.24) is 15.3 Å². The lowest BCUT2D eigenvalue weighted by molar-refractivity contribution is -0.125. The molecular formula is C21H29N5O. The first-order valence-electron chi connectivity index (χ1n) is 9.86. The van der Waals surface area contributed by atoms with Crippen molar-refractivity contribution in [3.05, 3.63) is 48.9 Å². The number of aromatic nitrogens is 2. The van der Waals surface area contributed by atoms with Crippen LogP contribution in [0.4, 0.5) is 11.5 Å². The maximum Gasteiger partial charge on any atom is 0.223 e. The van der Waals surface area contributed by atoms with Crippen LogP contribution in [-0.4, -0.2) is 48.6 Å². The first kappa shape index (κ1) is 19.1. The van der Waals surface area contributed by atoms with E-state index in [1.807, 2.05) is 6.07 Å². The molecule has 1 amide bonds. The van der Waals surface area contributed by atoms with Gasteiger partial charge in [0.2, 0.25) is 5.91 Å². The van der Waals surface area contributed by atoms with Crippen LogP contribution < -0.4 is 15.1 Å². The molecule has 1 aromatic heterocycles. The van der Waals surface area contributed by atoms with Crippen LogP contribution >= 0.6 is 0 Å². The Kier molecular flexibility index (Phi) is 7.02. The first-order chi connectivity index (χ1) is 13.3. The monoisotopic (exact) mass is 367 g/mol.